The molecule has 1 amide bonds. The zero-order valence-corrected chi connectivity index (χ0v) is 18.8. The summed E-state index contributed by atoms with van der Waals surface area (Å²) < 4.78 is 2.04. The Hall–Kier alpha value is -2.65. The number of thioether (sulfide) groups is 1. The fraction of sp³-hybridized carbons (Fsp3) is 0.333. The van der Waals surface area contributed by atoms with E-state index in [1.54, 1.807) is 11.3 Å². The van der Waals surface area contributed by atoms with Gasteiger partial charge in [-0.2, -0.15) is 0 Å². The smallest absolute Gasteiger partial charge is 0.231 e. The number of rotatable bonds is 8. The molecule has 0 radical (unpaired) electrons. The molecule has 7 nitrogen and oxygen atoms in total. The van der Waals surface area contributed by atoms with Crippen molar-refractivity contribution >= 4 is 40.0 Å². The fourth-order valence-electron chi connectivity index (χ4n) is 3.28. The van der Waals surface area contributed by atoms with Gasteiger partial charge in [-0.15, -0.1) is 21.5 Å². The Bertz CT molecular complexity index is 1100. The number of amides is 1. The zero-order valence-electron chi connectivity index (χ0n) is 17.1. The minimum Gasteiger partial charge on any atom is -0.345 e. The highest BCUT2D eigenvalue weighted by atomic mass is 32.2. The predicted octanol–water partition coefficient (Wildman–Crippen LogP) is 4.51. The van der Waals surface area contributed by atoms with Crippen molar-refractivity contribution in [2.24, 2.45) is 5.92 Å². The monoisotopic (exact) mass is 440 g/mol. The van der Waals surface area contributed by atoms with Crippen LogP contribution >= 0.6 is 23.1 Å². The van der Waals surface area contributed by atoms with Crippen LogP contribution in [-0.4, -0.2) is 36.4 Å². The number of hydrogen-bond acceptors (Lipinski definition) is 6. The predicted molar refractivity (Wildman–Crippen MR) is 122 cm³/mol. The second-order valence-electron chi connectivity index (χ2n) is 7.24. The lowest BCUT2D eigenvalue weighted by atomic mass is 10.0. The molecular formula is C21H24N6OS2. The summed E-state index contributed by atoms with van der Waals surface area (Å²) in [6.07, 6.45) is 0. The molecule has 0 aliphatic carbocycles. The molecule has 4 rings (SSSR count). The second-order valence-corrected chi connectivity index (χ2v) is 9.14. The lowest BCUT2D eigenvalue weighted by Gasteiger charge is -2.20. The van der Waals surface area contributed by atoms with Crippen molar-refractivity contribution in [3.63, 3.8) is 0 Å². The van der Waals surface area contributed by atoms with Crippen LogP contribution < -0.4 is 5.32 Å². The van der Waals surface area contributed by atoms with Crippen molar-refractivity contribution in [3.05, 3.63) is 47.6 Å². The number of H-pyrrole nitrogens is 1. The van der Waals surface area contributed by atoms with Crippen molar-refractivity contribution in [2.75, 3.05) is 5.75 Å². The molecule has 0 aliphatic rings. The number of benzene rings is 1. The van der Waals surface area contributed by atoms with Crippen LogP contribution in [0.15, 0.2) is 46.9 Å². The molecular weight excluding hydrogens is 416 g/mol. The van der Waals surface area contributed by atoms with E-state index in [0.717, 1.165) is 39.3 Å². The van der Waals surface area contributed by atoms with E-state index >= 15 is 0 Å². The SMILES string of the molecule is CCn1c(SCC(=O)NC(c2nc3ccccc3[nH]2)C(C)C)nnc1-c1cccs1. The van der Waals surface area contributed by atoms with E-state index in [1.165, 1.54) is 11.8 Å². The number of thiophene rings is 1. The highest BCUT2D eigenvalue weighted by molar-refractivity contribution is 7.99. The van der Waals surface area contributed by atoms with Gasteiger partial charge in [0.25, 0.3) is 0 Å². The quantitative estimate of drug-likeness (QED) is 0.394. The van der Waals surface area contributed by atoms with Gasteiger partial charge in [0.05, 0.1) is 27.7 Å². The normalized spacial score (nSPS) is 12.5. The number of aromatic amines is 1. The lowest BCUT2D eigenvalue weighted by Crippen LogP contribution is -2.33. The van der Waals surface area contributed by atoms with Crippen LogP contribution in [0, 0.1) is 5.92 Å². The molecule has 156 valence electrons. The number of carbonyl (C=O) groups excluding carboxylic acids is 1. The summed E-state index contributed by atoms with van der Waals surface area (Å²) in [7, 11) is 0. The Morgan fingerprint density at radius 3 is 2.77 bits per heavy atom. The Labute approximate surface area is 183 Å². The number of para-hydroxylation sites is 2. The molecule has 0 aliphatic heterocycles. The zero-order chi connectivity index (χ0) is 21.1. The molecule has 0 fully saturated rings. The van der Waals surface area contributed by atoms with Crippen LogP contribution in [0.2, 0.25) is 0 Å². The van der Waals surface area contributed by atoms with Crippen LogP contribution in [0.3, 0.4) is 0 Å². The summed E-state index contributed by atoms with van der Waals surface area (Å²) in [6.45, 7) is 6.96. The van der Waals surface area contributed by atoms with Gasteiger partial charge >= 0.3 is 0 Å². The molecule has 4 aromatic rings. The summed E-state index contributed by atoms with van der Waals surface area (Å²) in [4.78, 5) is 21.8. The van der Waals surface area contributed by atoms with Crippen molar-refractivity contribution in [3.8, 4) is 10.7 Å². The number of hydrogen-bond donors (Lipinski definition) is 2. The molecule has 1 atom stereocenters. The average Bonchev–Trinajstić information content (AvgIpc) is 3.48. The van der Waals surface area contributed by atoms with Gasteiger partial charge in [-0.1, -0.05) is 43.8 Å². The summed E-state index contributed by atoms with van der Waals surface area (Å²) in [6, 6.07) is 11.7. The Morgan fingerprint density at radius 2 is 2.07 bits per heavy atom. The fourth-order valence-corrected chi connectivity index (χ4v) is 4.82. The third-order valence-corrected chi connectivity index (χ3v) is 6.62. The van der Waals surface area contributed by atoms with Gasteiger partial charge in [-0.3, -0.25) is 4.79 Å². The minimum absolute atomic E-state index is 0.0533. The van der Waals surface area contributed by atoms with Gasteiger partial charge < -0.3 is 14.9 Å². The summed E-state index contributed by atoms with van der Waals surface area (Å²) in [5.41, 5.74) is 1.87. The molecule has 1 unspecified atom stereocenters. The first-order valence-corrected chi connectivity index (χ1v) is 11.8. The minimum atomic E-state index is -0.184. The van der Waals surface area contributed by atoms with Crippen molar-refractivity contribution in [1.82, 2.24) is 30.0 Å². The third kappa shape index (κ3) is 4.27. The maximum absolute atomic E-state index is 12.7. The number of fused-ring (bicyclic) bond motifs is 1. The number of imidazole rings is 1. The topological polar surface area (TPSA) is 88.5 Å². The van der Waals surface area contributed by atoms with Crippen LogP contribution in [0.25, 0.3) is 21.7 Å². The second kappa shape index (κ2) is 9.01. The number of nitrogens with zero attached hydrogens (tertiary/aromatic N) is 4. The molecule has 30 heavy (non-hydrogen) atoms. The largest absolute Gasteiger partial charge is 0.345 e. The standard InChI is InChI=1S/C21H24N6OS2/c1-4-27-20(16-10-7-11-29-16)25-26-21(27)30-12-17(28)24-18(13(2)3)19-22-14-8-5-6-9-15(14)23-19/h5-11,13,18H,4,12H2,1-3H3,(H,22,23)(H,24,28). The molecule has 9 heteroatoms. The highest BCUT2D eigenvalue weighted by Crippen LogP contribution is 2.27. The van der Waals surface area contributed by atoms with Crippen molar-refractivity contribution in [2.45, 2.75) is 38.5 Å². The van der Waals surface area contributed by atoms with E-state index in [4.69, 9.17) is 0 Å². The average molecular weight is 441 g/mol. The van der Waals surface area contributed by atoms with Crippen molar-refractivity contribution in [1.29, 1.82) is 0 Å². The van der Waals surface area contributed by atoms with Gasteiger partial charge in [-0.05, 0) is 36.4 Å². The summed E-state index contributed by atoms with van der Waals surface area (Å²) in [5.74, 6) is 2.04. The maximum atomic E-state index is 12.7. The molecule has 0 spiro atoms. The number of carbonyl (C=O) groups is 1. The first-order chi connectivity index (χ1) is 14.6. The highest BCUT2D eigenvalue weighted by Gasteiger charge is 2.22. The Morgan fingerprint density at radius 1 is 1.23 bits per heavy atom. The summed E-state index contributed by atoms with van der Waals surface area (Å²) >= 11 is 3.03. The molecule has 1 aromatic carbocycles. The molecule has 2 N–H and O–H groups in total. The van der Waals surface area contributed by atoms with Crippen LogP contribution in [0.1, 0.15) is 32.6 Å². The van der Waals surface area contributed by atoms with Crippen LogP contribution in [-0.2, 0) is 11.3 Å². The maximum Gasteiger partial charge on any atom is 0.231 e. The molecule has 0 saturated heterocycles. The van der Waals surface area contributed by atoms with E-state index in [-0.39, 0.29) is 23.6 Å². The van der Waals surface area contributed by atoms with E-state index < -0.39 is 0 Å². The first-order valence-electron chi connectivity index (χ1n) is 9.90. The van der Waals surface area contributed by atoms with Gasteiger partial charge in [0.15, 0.2) is 11.0 Å². The van der Waals surface area contributed by atoms with E-state index in [2.05, 4.69) is 46.3 Å². The van der Waals surface area contributed by atoms with Gasteiger partial charge in [-0.25, -0.2) is 4.98 Å². The number of nitrogens with one attached hydrogen (secondary N) is 2. The first kappa shape index (κ1) is 20.6. The molecule has 0 saturated carbocycles. The van der Waals surface area contributed by atoms with E-state index in [9.17, 15) is 4.79 Å². The van der Waals surface area contributed by atoms with Gasteiger partial charge in [0.1, 0.15) is 5.82 Å². The molecule has 0 bridgehead atoms. The summed E-state index contributed by atoms with van der Waals surface area (Å²) in [5, 5.41) is 14.5. The Balaban J connectivity index is 1.44. The Kier molecular flexibility index (Phi) is 6.19. The molecule has 3 heterocycles. The van der Waals surface area contributed by atoms with Gasteiger partial charge in [0, 0.05) is 6.54 Å². The van der Waals surface area contributed by atoms with Crippen molar-refractivity contribution < 1.29 is 4.79 Å². The lowest BCUT2D eigenvalue weighted by molar-refractivity contribution is -0.119. The third-order valence-electron chi connectivity index (χ3n) is 4.79. The molecule has 3 aromatic heterocycles. The van der Waals surface area contributed by atoms with Gasteiger partial charge in [0.2, 0.25) is 5.91 Å². The number of aromatic nitrogens is 5. The van der Waals surface area contributed by atoms with Crippen LogP contribution in [0.4, 0.5) is 0 Å². The van der Waals surface area contributed by atoms with E-state index in [0.29, 0.717) is 0 Å². The van der Waals surface area contributed by atoms with Crippen LogP contribution in [0.5, 0.6) is 0 Å². The van der Waals surface area contributed by atoms with E-state index in [1.807, 2.05) is 46.3 Å².